The van der Waals surface area contributed by atoms with Gasteiger partial charge < -0.3 is 10.2 Å². The van der Waals surface area contributed by atoms with Crippen LogP contribution in [0.5, 0.6) is 0 Å². The van der Waals surface area contributed by atoms with Gasteiger partial charge in [-0.25, -0.2) is 8.78 Å². The second-order valence-electron chi connectivity index (χ2n) is 6.05. The van der Waals surface area contributed by atoms with Crippen molar-refractivity contribution in [2.45, 2.75) is 19.8 Å². The van der Waals surface area contributed by atoms with E-state index in [9.17, 15) is 13.6 Å². The van der Waals surface area contributed by atoms with E-state index in [2.05, 4.69) is 27.3 Å². The molecule has 1 unspecified atom stereocenters. The largest absolute Gasteiger partial charge is 0.355 e. The maximum atomic E-state index is 13.2. The first-order valence-corrected chi connectivity index (χ1v) is 7.88. The molecule has 2 heterocycles. The van der Waals surface area contributed by atoms with Crippen LogP contribution in [0, 0.1) is 17.6 Å². The molecular weight excluding hydrogens is 314 g/mol. The second kappa shape index (κ2) is 6.90. The highest BCUT2D eigenvalue weighted by molar-refractivity contribution is 6.03. The van der Waals surface area contributed by atoms with Crippen LogP contribution < -0.4 is 10.2 Å². The van der Waals surface area contributed by atoms with Crippen molar-refractivity contribution in [1.29, 1.82) is 0 Å². The summed E-state index contributed by atoms with van der Waals surface area (Å²) < 4.78 is 26.1. The molecule has 1 saturated heterocycles. The number of carbonyl (C=O) groups excluding carboxylic acids is 1. The quantitative estimate of drug-likeness (QED) is 0.937. The Morgan fingerprint density at radius 2 is 2.04 bits per heavy atom. The molecule has 1 atom stereocenters. The van der Waals surface area contributed by atoms with E-state index < -0.39 is 17.5 Å². The highest BCUT2D eigenvalue weighted by Gasteiger charge is 2.18. The average Bonchev–Trinajstić information content (AvgIpc) is 2.58. The molecule has 1 aromatic heterocycles. The Kier molecular flexibility index (Phi) is 4.69. The molecule has 126 valence electrons. The summed E-state index contributed by atoms with van der Waals surface area (Å²) in [6, 6.07) is 6.42. The van der Waals surface area contributed by atoms with Gasteiger partial charge in [0.2, 0.25) is 0 Å². The van der Waals surface area contributed by atoms with E-state index in [-0.39, 0.29) is 11.4 Å². The van der Waals surface area contributed by atoms with Crippen LogP contribution in [-0.2, 0) is 0 Å². The lowest BCUT2D eigenvalue weighted by molar-refractivity contribution is 0.102. The molecule has 5 nitrogen and oxygen atoms in total. The number of anilines is 2. The number of halogens is 2. The lowest BCUT2D eigenvalue weighted by Crippen LogP contribution is -2.34. The molecule has 1 aromatic carbocycles. The van der Waals surface area contributed by atoms with Gasteiger partial charge in [0.15, 0.2) is 23.3 Å². The van der Waals surface area contributed by atoms with Gasteiger partial charge in [-0.15, -0.1) is 10.2 Å². The van der Waals surface area contributed by atoms with Crippen molar-refractivity contribution in [3.05, 3.63) is 47.5 Å². The summed E-state index contributed by atoms with van der Waals surface area (Å²) in [5.74, 6) is -0.975. The predicted molar refractivity (Wildman–Crippen MR) is 87.0 cm³/mol. The Morgan fingerprint density at radius 3 is 2.71 bits per heavy atom. The molecule has 0 saturated carbocycles. The SMILES string of the molecule is CC1CCCN(c2ccc(NC(=O)c3ccc(F)c(F)c3)nn2)C1. The number of nitrogens with one attached hydrogen (secondary N) is 1. The van der Waals surface area contributed by atoms with E-state index in [1.54, 1.807) is 12.1 Å². The number of benzene rings is 1. The van der Waals surface area contributed by atoms with Crippen molar-refractivity contribution in [2.75, 3.05) is 23.3 Å². The number of carbonyl (C=O) groups is 1. The zero-order valence-electron chi connectivity index (χ0n) is 13.3. The minimum Gasteiger partial charge on any atom is -0.355 e. The third-order valence-corrected chi connectivity index (χ3v) is 4.05. The van der Waals surface area contributed by atoms with Crippen molar-refractivity contribution >= 4 is 17.5 Å². The lowest BCUT2D eigenvalue weighted by atomic mass is 10.0. The summed E-state index contributed by atoms with van der Waals surface area (Å²) in [7, 11) is 0. The smallest absolute Gasteiger partial charge is 0.256 e. The highest BCUT2D eigenvalue weighted by Crippen LogP contribution is 2.21. The van der Waals surface area contributed by atoms with Gasteiger partial charge in [0.1, 0.15) is 0 Å². The summed E-state index contributed by atoms with van der Waals surface area (Å²) in [4.78, 5) is 14.2. The fraction of sp³-hybridized carbons (Fsp3) is 0.353. The van der Waals surface area contributed by atoms with Crippen LogP contribution in [0.25, 0.3) is 0 Å². The molecule has 24 heavy (non-hydrogen) atoms. The molecule has 0 aliphatic carbocycles. The van der Waals surface area contributed by atoms with Crippen LogP contribution in [0.2, 0.25) is 0 Å². The van der Waals surface area contributed by atoms with Crippen LogP contribution in [-0.4, -0.2) is 29.2 Å². The number of amides is 1. The fourth-order valence-electron chi connectivity index (χ4n) is 2.78. The fourth-order valence-corrected chi connectivity index (χ4v) is 2.78. The molecule has 0 radical (unpaired) electrons. The van der Waals surface area contributed by atoms with Crippen LogP contribution in [0.3, 0.4) is 0 Å². The molecule has 7 heteroatoms. The Balaban J connectivity index is 1.67. The van der Waals surface area contributed by atoms with E-state index in [4.69, 9.17) is 0 Å². The van der Waals surface area contributed by atoms with E-state index in [1.807, 2.05) is 0 Å². The van der Waals surface area contributed by atoms with Crippen LogP contribution in [0.4, 0.5) is 20.4 Å². The summed E-state index contributed by atoms with van der Waals surface area (Å²) in [5.41, 5.74) is 0.0182. The van der Waals surface area contributed by atoms with Crippen LogP contribution in [0.15, 0.2) is 30.3 Å². The first-order valence-electron chi connectivity index (χ1n) is 7.88. The average molecular weight is 332 g/mol. The summed E-state index contributed by atoms with van der Waals surface area (Å²) >= 11 is 0. The number of rotatable bonds is 3. The molecule has 1 amide bonds. The minimum atomic E-state index is -1.07. The molecule has 1 fully saturated rings. The molecule has 1 N–H and O–H groups in total. The highest BCUT2D eigenvalue weighted by atomic mass is 19.2. The number of piperidine rings is 1. The lowest BCUT2D eigenvalue weighted by Gasteiger charge is -2.31. The van der Waals surface area contributed by atoms with Crippen molar-refractivity contribution in [3.63, 3.8) is 0 Å². The minimum absolute atomic E-state index is 0.0182. The summed E-state index contributed by atoms with van der Waals surface area (Å²) in [5, 5.41) is 10.7. The van der Waals surface area contributed by atoms with Gasteiger partial charge in [0, 0.05) is 18.7 Å². The molecule has 0 bridgehead atoms. The maximum absolute atomic E-state index is 13.2. The predicted octanol–water partition coefficient (Wildman–Crippen LogP) is 3.24. The maximum Gasteiger partial charge on any atom is 0.256 e. The Bertz CT molecular complexity index is 736. The van der Waals surface area contributed by atoms with Gasteiger partial charge in [0.05, 0.1) is 0 Å². The first-order chi connectivity index (χ1) is 11.5. The van der Waals surface area contributed by atoms with Crippen molar-refractivity contribution < 1.29 is 13.6 Å². The van der Waals surface area contributed by atoms with Gasteiger partial charge >= 0.3 is 0 Å². The Labute approximate surface area is 138 Å². The van der Waals surface area contributed by atoms with E-state index in [0.717, 1.165) is 37.5 Å². The van der Waals surface area contributed by atoms with Gasteiger partial charge in [-0.2, -0.15) is 0 Å². The molecule has 3 rings (SSSR count). The zero-order valence-corrected chi connectivity index (χ0v) is 13.3. The third-order valence-electron chi connectivity index (χ3n) is 4.05. The molecule has 0 spiro atoms. The van der Waals surface area contributed by atoms with Crippen LogP contribution >= 0.6 is 0 Å². The first kappa shape index (κ1) is 16.3. The summed E-state index contributed by atoms with van der Waals surface area (Å²) in [6.07, 6.45) is 2.34. The number of aromatic nitrogens is 2. The topological polar surface area (TPSA) is 58.1 Å². The number of hydrogen-bond acceptors (Lipinski definition) is 4. The second-order valence-corrected chi connectivity index (χ2v) is 6.05. The van der Waals surface area contributed by atoms with Gasteiger partial charge in [-0.3, -0.25) is 4.79 Å². The molecular formula is C17H18F2N4O. The molecule has 1 aliphatic heterocycles. The normalized spacial score (nSPS) is 17.6. The zero-order chi connectivity index (χ0) is 17.1. The Morgan fingerprint density at radius 1 is 1.21 bits per heavy atom. The standard InChI is InChI=1S/C17H18F2N4O/c1-11-3-2-8-23(10-11)16-7-6-15(21-22-16)20-17(24)12-4-5-13(18)14(19)9-12/h4-7,9,11H,2-3,8,10H2,1H3,(H,20,21,24). The van der Waals surface area contributed by atoms with Crippen molar-refractivity contribution in [3.8, 4) is 0 Å². The number of nitrogens with zero attached hydrogens (tertiary/aromatic N) is 3. The van der Waals surface area contributed by atoms with Gasteiger partial charge in [-0.1, -0.05) is 6.92 Å². The summed E-state index contributed by atoms with van der Waals surface area (Å²) in [6.45, 7) is 4.09. The number of hydrogen-bond donors (Lipinski definition) is 1. The van der Waals surface area contributed by atoms with E-state index in [1.165, 1.54) is 12.5 Å². The van der Waals surface area contributed by atoms with E-state index in [0.29, 0.717) is 5.92 Å². The van der Waals surface area contributed by atoms with Gasteiger partial charge in [0.25, 0.3) is 5.91 Å². The monoisotopic (exact) mass is 332 g/mol. The Hall–Kier alpha value is -2.57. The van der Waals surface area contributed by atoms with Crippen LogP contribution in [0.1, 0.15) is 30.1 Å². The van der Waals surface area contributed by atoms with Crippen molar-refractivity contribution in [2.24, 2.45) is 5.92 Å². The molecule has 2 aromatic rings. The van der Waals surface area contributed by atoms with Crippen molar-refractivity contribution in [1.82, 2.24) is 10.2 Å². The van der Waals surface area contributed by atoms with E-state index >= 15 is 0 Å². The third kappa shape index (κ3) is 3.67. The van der Waals surface area contributed by atoms with Gasteiger partial charge in [-0.05, 0) is 49.1 Å². The molecule has 1 aliphatic rings.